The monoisotopic (exact) mass is 325 g/mol. The summed E-state index contributed by atoms with van der Waals surface area (Å²) in [5.41, 5.74) is 14.9. The molecule has 24 heavy (non-hydrogen) atoms. The van der Waals surface area contributed by atoms with Crippen LogP contribution in [-0.4, -0.2) is 21.0 Å². The van der Waals surface area contributed by atoms with Crippen molar-refractivity contribution in [3.8, 4) is 11.1 Å². The molecule has 124 valence electrons. The van der Waals surface area contributed by atoms with E-state index in [1.807, 2.05) is 24.4 Å². The van der Waals surface area contributed by atoms with E-state index in [0.29, 0.717) is 5.69 Å². The number of aromatic nitrogens is 3. The van der Waals surface area contributed by atoms with Crippen LogP contribution in [0.2, 0.25) is 0 Å². The van der Waals surface area contributed by atoms with Crippen molar-refractivity contribution in [1.82, 2.24) is 15.0 Å². The largest absolute Gasteiger partial charge is 0.346 e. The zero-order valence-electron chi connectivity index (χ0n) is 13.3. The van der Waals surface area contributed by atoms with Gasteiger partial charge in [-0.15, -0.1) is 0 Å². The Hall–Kier alpha value is -2.31. The van der Waals surface area contributed by atoms with Crippen LogP contribution in [0.4, 0.5) is 4.39 Å². The summed E-state index contributed by atoms with van der Waals surface area (Å²) >= 11 is 0. The molecule has 4 rings (SSSR count). The SMILES string of the molecule is NC1CCC(N)(c2cc(-c3c[nH]c4ncccc34)cc(F)n2)CC1. The van der Waals surface area contributed by atoms with E-state index in [0.717, 1.165) is 47.8 Å². The van der Waals surface area contributed by atoms with Crippen molar-refractivity contribution in [3.05, 3.63) is 48.3 Å². The van der Waals surface area contributed by atoms with Crippen LogP contribution in [0, 0.1) is 5.95 Å². The normalized spacial score (nSPS) is 24.4. The first-order chi connectivity index (χ1) is 11.5. The molecular weight excluding hydrogens is 305 g/mol. The Morgan fingerprint density at radius 3 is 2.83 bits per heavy atom. The van der Waals surface area contributed by atoms with Crippen LogP contribution >= 0.6 is 0 Å². The summed E-state index contributed by atoms with van der Waals surface area (Å²) < 4.78 is 14.2. The van der Waals surface area contributed by atoms with Crippen LogP contribution in [0.1, 0.15) is 31.4 Å². The second-order valence-electron chi connectivity index (χ2n) is 6.66. The summed E-state index contributed by atoms with van der Waals surface area (Å²) in [5, 5.41) is 0.950. The zero-order chi connectivity index (χ0) is 16.7. The number of aromatic amines is 1. The molecule has 0 atom stereocenters. The highest BCUT2D eigenvalue weighted by atomic mass is 19.1. The Labute approximate surface area is 139 Å². The predicted octanol–water partition coefficient (Wildman–Crippen LogP) is 2.82. The predicted molar refractivity (Wildman–Crippen MR) is 91.6 cm³/mol. The summed E-state index contributed by atoms with van der Waals surface area (Å²) in [5.74, 6) is -0.513. The number of nitrogens with zero attached hydrogens (tertiary/aromatic N) is 2. The maximum absolute atomic E-state index is 14.2. The van der Waals surface area contributed by atoms with Gasteiger partial charge in [-0.25, -0.2) is 9.97 Å². The lowest BCUT2D eigenvalue weighted by molar-refractivity contribution is 0.269. The van der Waals surface area contributed by atoms with Crippen molar-refractivity contribution in [2.45, 2.75) is 37.3 Å². The molecule has 1 fully saturated rings. The molecule has 0 unspecified atom stereocenters. The van der Waals surface area contributed by atoms with Gasteiger partial charge in [-0.2, -0.15) is 4.39 Å². The number of nitrogens with two attached hydrogens (primary N) is 2. The fourth-order valence-electron chi connectivity index (χ4n) is 3.51. The molecule has 0 spiro atoms. The van der Waals surface area contributed by atoms with Crippen LogP contribution in [0.25, 0.3) is 22.2 Å². The minimum Gasteiger partial charge on any atom is -0.346 e. The standard InChI is InChI=1S/C18H20FN5/c19-16-9-11(14-10-23-17-13(14)2-1-7-22-17)8-15(24-16)18(21)5-3-12(20)4-6-18/h1-2,7-10,12H,3-6,20-21H2,(H,22,23). The minimum atomic E-state index is -0.614. The van der Waals surface area contributed by atoms with Crippen molar-refractivity contribution >= 4 is 11.0 Å². The molecule has 0 aliphatic heterocycles. The van der Waals surface area contributed by atoms with E-state index in [4.69, 9.17) is 11.5 Å². The van der Waals surface area contributed by atoms with Crippen LogP contribution in [0.15, 0.2) is 36.7 Å². The molecule has 5 nitrogen and oxygen atoms in total. The molecule has 0 radical (unpaired) electrons. The van der Waals surface area contributed by atoms with Gasteiger partial charge in [0.05, 0.1) is 11.2 Å². The van der Waals surface area contributed by atoms with E-state index in [-0.39, 0.29) is 6.04 Å². The topological polar surface area (TPSA) is 93.6 Å². The van der Waals surface area contributed by atoms with Gasteiger partial charge in [0.2, 0.25) is 5.95 Å². The molecule has 1 aliphatic rings. The smallest absolute Gasteiger partial charge is 0.213 e. The highest BCUT2D eigenvalue weighted by molar-refractivity contribution is 5.93. The molecule has 1 aliphatic carbocycles. The fourth-order valence-corrected chi connectivity index (χ4v) is 3.51. The summed E-state index contributed by atoms with van der Waals surface area (Å²) in [6, 6.07) is 7.34. The van der Waals surface area contributed by atoms with E-state index in [1.165, 1.54) is 6.07 Å². The van der Waals surface area contributed by atoms with E-state index in [9.17, 15) is 4.39 Å². The van der Waals surface area contributed by atoms with Gasteiger partial charge in [-0.1, -0.05) is 0 Å². The molecule has 5 N–H and O–H groups in total. The molecular formula is C18H20FN5. The zero-order valence-corrected chi connectivity index (χ0v) is 13.3. The number of rotatable bonds is 2. The summed E-state index contributed by atoms with van der Waals surface area (Å²) in [7, 11) is 0. The number of H-pyrrole nitrogens is 1. The van der Waals surface area contributed by atoms with Crippen LogP contribution in [0.5, 0.6) is 0 Å². The molecule has 3 aromatic heterocycles. The Morgan fingerprint density at radius 2 is 2.04 bits per heavy atom. The van der Waals surface area contributed by atoms with E-state index in [1.54, 1.807) is 6.20 Å². The molecule has 0 bridgehead atoms. The highest BCUT2D eigenvalue weighted by Crippen LogP contribution is 2.36. The van der Waals surface area contributed by atoms with Crippen molar-refractivity contribution < 1.29 is 4.39 Å². The minimum absolute atomic E-state index is 0.175. The first-order valence-corrected chi connectivity index (χ1v) is 8.20. The third kappa shape index (κ3) is 2.57. The maximum atomic E-state index is 14.2. The summed E-state index contributed by atoms with van der Waals surface area (Å²) in [6.45, 7) is 0. The van der Waals surface area contributed by atoms with Gasteiger partial charge in [-0.05, 0) is 49.4 Å². The lowest BCUT2D eigenvalue weighted by Gasteiger charge is -2.35. The van der Waals surface area contributed by atoms with Gasteiger partial charge in [-0.3, -0.25) is 0 Å². The van der Waals surface area contributed by atoms with Crippen LogP contribution in [-0.2, 0) is 5.54 Å². The number of hydrogen-bond acceptors (Lipinski definition) is 4. The lowest BCUT2D eigenvalue weighted by Crippen LogP contribution is -2.44. The quantitative estimate of drug-likeness (QED) is 0.632. The Bertz CT molecular complexity index is 880. The summed E-state index contributed by atoms with van der Waals surface area (Å²) in [4.78, 5) is 11.5. The Kier molecular flexibility index (Phi) is 3.58. The first-order valence-electron chi connectivity index (χ1n) is 8.20. The molecule has 3 aromatic rings. The van der Waals surface area contributed by atoms with E-state index < -0.39 is 11.5 Å². The summed E-state index contributed by atoms with van der Waals surface area (Å²) in [6.07, 6.45) is 6.68. The lowest BCUT2D eigenvalue weighted by atomic mass is 9.77. The van der Waals surface area contributed by atoms with E-state index in [2.05, 4.69) is 15.0 Å². The second kappa shape index (κ2) is 5.65. The van der Waals surface area contributed by atoms with Gasteiger partial charge in [0, 0.05) is 35.5 Å². The van der Waals surface area contributed by atoms with Gasteiger partial charge in [0.25, 0.3) is 0 Å². The van der Waals surface area contributed by atoms with Crippen LogP contribution < -0.4 is 11.5 Å². The number of hydrogen-bond donors (Lipinski definition) is 3. The highest BCUT2D eigenvalue weighted by Gasteiger charge is 2.34. The number of fused-ring (bicyclic) bond motifs is 1. The van der Waals surface area contributed by atoms with Crippen molar-refractivity contribution in [2.75, 3.05) is 0 Å². The number of nitrogens with one attached hydrogen (secondary N) is 1. The van der Waals surface area contributed by atoms with Gasteiger partial charge < -0.3 is 16.5 Å². The Balaban J connectivity index is 1.79. The maximum Gasteiger partial charge on any atom is 0.213 e. The molecule has 0 saturated heterocycles. The molecule has 0 amide bonds. The third-order valence-electron chi connectivity index (χ3n) is 4.99. The number of pyridine rings is 2. The van der Waals surface area contributed by atoms with Gasteiger partial charge in [0.15, 0.2) is 0 Å². The van der Waals surface area contributed by atoms with Gasteiger partial charge >= 0.3 is 0 Å². The second-order valence-corrected chi connectivity index (χ2v) is 6.66. The average molecular weight is 325 g/mol. The number of halogens is 1. The fraction of sp³-hybridized carbons (Fsp3) is 0.333. The first kappa shape index (κ1) is 15.2. The molecule has 0 aromatic carbocycles. The van der Waals surface area contributed by atoms with Crippen molar-refractivity contribution in [3.63, 3.8) is 0 Å². The van der Waals surface area contributed by atoms with Crippen molar-refractivity contribution in [2.24, 2.45) is 11.5 Å². The molecule has 6 heteroatoms. The van der Waals surface area contributed by atoms with Gasteiger partial charge in [0.1, 0.15) is 5.65 Å². The van der Waals surface area contributed by atoms with E-state index >= 15 is 0 Å². The molecule has 3 heterocycles. The molecule has 1 saturated carbocycles. The van der Waals surface area contributed by atoms with Crippen LogP contribution in [0.3, 0.4) is 0 Å². The van der Waals surface area contributed by atoms with Crippen molar-refractivity contribution in [1.29, 1.82) is 0 Å². The average Bonchev–Trinajstić information content (AvgIpc) is 3.01. The Morgan fingerprint density at radius 1 is 1.25 bits per heavy atom. The third-order valence-corrected chi connectivity index (χ3v) is 4.99.